The zero-order chi connectivity index (χ0) is 30.2. The number of allylic oxidation sites excluding steroid dienone is 1. The minimum atomic E-state index is -0.678. The van der Waals surface area contributed by atoms with E-state index in [1.165, 1.54) is 11.3 Å². The summed E-state index contributed by atoms with van der Waals surface area (Å²) in [5.41, 5.74) is 6.75. The number of hydrogen-bond donors (Lipinski definition) is 1. The number of aromatic nitrogens is 3. The van der Waals surface area contributed by atoms with Gasteiger partial charge in [-0.15, -0.1) is 0 Å². The van der Waals surface area contributed by atoms with Gasteiger partial charge in [-0.3, -0.25) is 14.2 Å². The van der Waals surface area contributed by atoms with Crippen LogP contribution in [-0.2, 0) is 4.79 Å². The Labute approximate surface area is 252 Å². The maximum absolute atomic E-state index is 14.2. The number of carbonyl (C=O) groups is 1. The first-order chi connectivity index (χ1) is 20.8. The molecule has 8 nitrogen and oxygen atoms in total. The molecule has 2 aromatic heterocycles. The van der Waals surface area contributed by atoms with Gasteiger partial charge in [-0.1, -0.05) is 59.9 Å². The van der Waals surface area contributed by atoms with Gasteiger partial charge >= 0.3 is 0 Å². The molecule has 1 amide bonds. The lowest BCUT2D eigenvalue weighted by atomic mass is 9.95. The van der Waals surface area contributed by atoms with Crippen LogP contribution >= 0.6 is 11.3 Å². The van der Waals surface area contributed by atoms with Crippen LogP contribution in [0, 0.1) is 20.8 Å². The summed E-state index contributed by atoms with van der Waals surface area (Å²) in [6.07, 6.45) is 1.89. The number of nitrogens with zero attached hydrogens (tertiary/aromatic N) is 4. The van der Waals surface area contributed by atoms with E-state index in [2.05, 4.69) is 5.32 Å². The number of amides is 1. The molecule has 216 valence electrons. The number of thiazole rings is 1. The number of anilines is 1. The summed E-state index contributed by atoms with van der Waals surface area (Å²) >= 11 is 1.31. The number of aryl methyl sites for hydroxylation is 2. The van der Waals surface area contributed by atoms with Crippen molar-refractivity contribution in [2.24, 2.45) is 4.99 Å². The molecule has 0 saturated heterocycles. The molecule has 9 heteroatoms. The molecule has 1 aliphatic heterocycles. The summed E-state index contributed by atoms with van der Waals surface area (Å²) in [7, 11) is 1.60. The van der Waals surface area contributed by atoms with Crippen LogP contribution in [-0.4, -0.2) is 27.4 Å². The van der Waals surface area contributed by atoms with Crippen LogP contribution in [0.3, 0.4) is 0 Å². The van der Waals surface area contributed by atoms with E-state index >= 15 is 0 Å². The van der Waals surface area contributed by atoms with Crippen molar-refractivity contribution in [1.82, 2.24) is 14.3 Å². The molecule has 3 heterocycles. The van der Waals surface area contributed by atoms with Crippen LogP contribution in [0.25, 0.3) is 11.8 Å². The normalized spacial score (nSPS) is 14.8. The molecule has 0 radical (unpaired) electrons. The fourth-order valence-electron chi connectivity index (χ4n) is 5.43. The highest BCUT2D eigenvalue weighted by molar-refractivity contribution is 7.07. The van der Waals surface area contributed by atoms with Crippen LogP contribution in [0.1, 0.15) is 41.0 Å². The summed E-state index contributed by atoms with van der Waals surface area (Å²) in [6, 6.07) is 24.3. The lowest BCUT2D eigenvalue weighted by Gasteiger charge is -2.25. The van der Waals surface area contributed by atoms with Gasteiger partial charge < -0.3 is 10.1 Å². The van der Waals surface area contributed by atoms with Gasteiger partial charge in [0.1, 0.15) is 5.75 Å². The number of para-hydroxylation sites is 2. The van der Waals surface area contributed by atoms with E-state index in [1.807, 2.05) is 117 Å². The SMILES string of the molecule is COc1ccc([C@H]2C(C(=O)Nc3ccccc3C)=C(C)N=c3s/c(=C/c4c(C)nn(-c5ccccc5)c4C)c(=O)n32)cc1. The first-order valence-electron chi connectivity index (χ1n) is 13.9. The summed E-state index contributed by atoms with van der Waals surface area (Å²) in [6.45, 7) is 7.69. The van der Waals surface area contributed by atoms with Crippen LogP contribution in [0.5, 0.6) is 5.75 Å². The second-order valence-electron chi connectivity index (χ2n) is 10.5. The Bertz CT molecular complexity index is 2070. The van der Waals surface area contributed by atoms with Crippen molar-refractivity contribution in [3.05, 3.63) is 138 Å². The summed E-state index contributed by atoms with van der Waals surface area (Å²) in [4.78, 5) is 33.4. The Morgan fingerprint density at radius 2 is 1.65 bits per heavy atom. The molecule has 5 aromatic rings. The number of hydrogen-bond acceptors (Lipinski definition) is 6. The number of methoxy groups -OCH3 is 1. The van der Waals surface area contributed by atoms with Crippen molar-refractivity contribution in [1.29, 1.82) is 0 Å². The average molecular weight is 590 g/mol. The van der Waals surface area contributed by atoms with Gasteiger partial charge in [0.2, 0.25) is 0 Å². The Morgan fingerprint density at radius 1 is 0.953 bits per heavy atom. The number of ether oxygens (including phenoxy) is 1. The number of rotatable bonds is 6. The highest BCUT2D eigenvalue weighted by Crippen LogP contribution is 2.32. The molecular formula is C34H31N5O3S. The van der Waals surface area contributed by atoms with E-state index in [0.29, 0.717) is 32.0 Å². The topological polar surface area (TPSA) is 90.5 Å². The van der Waals surface area contributed by atoms with Gasteiger partial charge in [-0.25, -0.2) is 9.67 Å². The zero-order valence-electron chi connectivity index (χ0n) is 24.6. The van der Waals surface area contributed by atoms with Crippen LogP contribution in [0.15, 0.2) is 99.9 Å². The molecule has 0 saturated carbocycles. The Morgan fingerprint density at radius 3 is 2.35 bits per heavy atom. The molecule has 0 fully saturated rings. The van der Waals surface area contributed by atoms with E-state index in [4.69, 9.17) is 14.8 Å². The van der Waals surface area contributed by atoms with Gasteiger partial charge in [0.05, 0.1) is 40.3 Å². The second-order valence-corrected chi connectivity index (χ2v) is 11.5. The molecule has 0 bridgehead atoms. The smallest absolute Gasteiger partial charge is 0.271 e. The third-order valence-electron chi connectivity index (χ3n) is 7.71. The second kappa shape index (κ2) is 11.3. The highest BCUT2D eigenvalue weighted by atomic mass is 32.1. The van der Waals surface area contributed by atoms with E-state index in [-0.39, 0.29) is 11.5 Å². The molecule has 1 N–H and O–H groups in total. The van der Waals surface area contributed by atoms with E-state index < -0.39 is 6.04 Å². The van der Waals surface area contributed by atoms with E-state index in [0.717, 1.165) is 33.8 Å². The van der Waals surface area contributed by atoms with Gasteiger partial charge in [-0.05, 0) is 75.2 Å². The lowest BCUT2D eigenvalue weighted by molar-refractivity contribution is -0.113. The third kappa shape index (κ3) is 5.12. The predicted octanol–water partition coefficient (Wildman–Crippen LogP) is 4.99. The molecule has 6 rings (SSSR count). The number of benzene rings is 3. The van der Waals surface area contributed by atoms with Crippen molar-refractivity contribution < 1.29 is 9.53 Å². The molecular weight excluding hydrogens is 558 g/mol. The molecule has 0 unspecified atom stereocenters. The maximum Gasteiger partial charge on any atom is 0.271 e. The molecule has 0 spiro atoms. The van der Waals surface area contributed by atoms with Crippen molar-refractivity contribution in [2.75, 3.05) is 12.4 Å². The standard InChI is InChI=1S/C34H31N5O3S/c1-20-11-9-10-14-28(20)36-32(40)30-22(3)35-34-38(31(30)24-15-17-26(42-5)18-16-24)33(41)29(43-34)19-27-21(2)37-39(23(27)4)25-12-7-6-8-13-25/h6-19,31H,1-5H3,(H,36,40)/b29-19+/t31-/m0/s1. The van der Waals surface area contributed by atoms with Gasteiger partial charge in [0.25, 0.3) is 11.5 Å². The van der Waals surface area contributed by atoms with Crippen molar-refractivity contribution in [3.8, 4) is 11.4 Å². The number of carbonyl (C=O) groups excluding carboxylic acids is 1. The number of fused-ring (bicyclic) bond motifs is 1. The van der Waals surface area contributed by atoms with Crippen LogP contribution in [0.2, 0.25) is 0 Å². The largest absolute Gasteiger partial charge is 0.497 e. The first kappa shape index (κ1) is 28.1. The zero-order valence-corrected chi connectivity index (χ0v) is 25.4. The average Bonchev–Trinajstić information content (AvgIpc) is 3.48. The Hall–Kier alpha value is -5.02. The van der Waals surface area contributed by atoms with Gasteiger partial charge in [0.15, 0.2) is 4.80 Å². The van der Waals surface area contributed by atoms with Crippen molar-refractivity contribution in [2.45, 2.75) is 33.7 Å². The quantitative estimate of drug-likeness (QED) is 0.302. The summed E-state index contributed by atoms with van der Waals surface area (Å²) in [5, 5.41) is 7.80. The minimum absolute atomic E-state index is 0.218. The van der Waals surface area contributed by atoms with Crippen molar-refractivity contribution in [3.63, 3.8) is 0 Å². The predicted molar refractivity (Wildman–Crippen MR) is 170 cm³/mol. The monoisotopic (exact) mass is 589 g/mol. The molecule has 0 aliphatic carbocycles. The van der Waals surface area contributed by atoms with E-state index in [1.54, 1.807) is 11.7 Å². The summed E-state index contributed by atoms with van der Waals surface area (Å²) < 4.78 is 9.41. The van der Waals surface area contributed by atoms with Crippen molar-refractivity contribution >= 4 is 29.0 Å². The summed E-state index contributed by atoms with van der Waals surface area (Å²) in [5.74, 6) is 0.380. The maximum atomic E-state index is 14.2. The first-order valence-corrected chi connectivity index (χ1v) is 14.7. The Kier molecular flexibility index (Phi) is 7.41. The minimum Gasteiger partial charge on any atom is -0.497 e. The molecule has 1 aliphatic rings. The van der Waals surface area contributed by atoms with Crippen LogP contribution in [0.4, 0.5) is 5.69 Å². The van der Waals surface area contributed by atoms with Gasteiger partial charge in [0, 0.05) is 16.9 Å². The highest BCUT2D eigenvalue weighted by Gasteiger charge is 2.33. The third-order valence-corrected chi connectivity index (χ3v) is 8.70. The molecule has 3 aromatic carbocycles. The van der Waals surface area contributed by atoms with Gasteiger partial charge in [-0.2, -0.15) is 5.10 Å². The fraction of sp³-hybridized carbons (Fsp3) is 0.176. The fourth-order valence-corrected chi connectivity index (χ4v) is 6.46. The number of nitrogens with one attached hydrogen (secondary N) is 1. The van der Waals surface area contributed by atoms with Crippen LogP contribution < -0.4 is 24.9 Å². The lowest BCUT2D eigenvalue weighted by Crippen LogP contribution is -2.40. The molecule has 43 heavy (non-hydrogen) atoms. The molecule has 1 atom stereocenters. The van der Waals surface area contributed by atoms with E-state index in [9.17, 15) is 9.59 Å². The Balaban J connectivity index is 1.50.